The molecule has 2 heterocycles. The van der Waals surface area contributed by atoms with Gasteiger partial charge < -0.3 is 14.8 Å². The average molecular weight is 464 g/mol. The maximum atomic E-state index is 13.3. The van der Waals surface area contributed by atoms with Crippen molar-refractivity contribution in [2.24, 2.45) is 0 Å². The molecular weight excluding hydrogens is 438 g/mol. The zero-order valence-electron chi connectivity index (χ0n) is 18.5. The molecule has 1 saturated carbocycles. The van der Waals surface area contributed by atoms with Crippen LogP contribution in [0.4, 0.5) is 0 Å². The van der Waals surface area contributed by atoms with Crippen LogP contribution in [0.1, 0.15) is 48.5 Å². The summed E-state index contributed by atoms with van der Waals surface area (Å²) in [6.45, 7) is 2.18. The van der Waals surface area contributed by atoms with Gasteiger partial charge in [-0.05, 0) is 56.4 Å². The normalized spacial score (nSPS) is 19.0. The minimum atomic E-state index is -0.483. The monoisotopic (exact) mass is 463 g/mol. The maximum absolute atomic E-state index is 13.3. The number of hydrogen-bond acceptors (Lipinski definition) is 3. The predicted octanol–water partition coefficient (Wildman–Crippen LogP) is 4.29. The van der Waals surface area contributed by atoms with E-state index in [1.54, 1.807) is 11.1 Å². The molecule has 0 radical (unpaired) electrons. The Balaban J connectivity index is 1.33. The highest BCUT2D eigenvalue weighted by Gasteiger charge is 2.48. The molecule has 0 unspecified atom stereocenters. The van der Waals surface area contributed by atoms with Crippen molar-refractivity contribution in [2.45, 2.75) is 50.7 Å². The van der Waals surface area contributed by atoms with Crippen molar-refractivity contribution in [1.29, 1.82) is 0 Å². The SMILES string of the molecule is CC(=O)c1cn(CC(=O)N2CCC[C@H]2C(=O)NC2(c3cccc(Cl)c3)CC2)c2ccccc12. The van der Waals surface area contributed by atoms with E-state index in [-0.39, 0.29) is 29.7 Å². The lowest BCUT2D eigenvalue weighted by atomic mass is 10.0. The molecule has 7 heteroatoms. The summed E-state index contributed by atoms with van der Waals surface area (Å²) in [6.07, 6.45) is 4.91. The van der Waals surface area contributed by atoms with E-state index < -0.39 is 6.04 Å². The van der Waals surface area contributed by atoms with Crippen LogP contribution in [0.5, 0.6) is 0 Å². The number of aromatic nitrogens is 1. The van der Waals surface area contributed by atoms with Crippen molar-refractivity contribution < 1.29 is 14.4 Å². The third-order valence-corrected chi connectivity index (χ3v) is 7.07. The van der Waals surface area contributed by atoms with Crippen LogP contribution in [0.25, 0.3) is 10.9 Å². The summed E-state index contributed by atoms with van der Waals surface area (Å²) in [6, 6.07) is 14.7. The average Bonchev–Trinajstić information content (AvgIpc) is 3.25. The van der Waals surface area contributed by atoms with E-state index in [1.165, 1.54) is 6.92 Å². The van der Waals surface area contributed by atoms with Crippen molar-refractivity contribution in [3.8, 4) is 0 Å². The van der Waals surface area contributed by atoms with Gasteiger partial charge in [0.25, 0.3) is 0 Å². The molecule has 1 aliphatic heterocycles. The number of carbonyl (C=O) groups is 3. The number of amides is 2. The van der Waals surface area contributed by atoms with Crippen molar-refractivity contribution in [3.05, 3.63) is 70.9 Å². The standard InChI is InChI=1S/C26H26ClN3O3/c1-17(31)21-15-29(22-9-3-2-8-20(21)22)16-24(32)30-13-5-10-23(30)25(33)28-26(11-12-26)18-6-4-7-19(27)14-18/h2-4,6-9,14-15,23H,5,10-13,16H2,1H3,(H,28,33)/t23-/m0/s1. The molecule has 3 aromatic rings. The van der Waals surface area contributed by atoms with Gasteiger partial charge in [-0.25, -0.2) is 0 Å². The largest absolute Gasteiger partial charge is 0.345 e. The summed E-state index contributed by atoms with van der Waals surface area (Å²) >= 11 is 6.16. The molecule has 2 fully saturated rings. The second kappa shape index (κ2) is 8.34. The molecule has 2 aromatic carbocycles. The lowest BCUT2D eigenvalue weighted by Crippen LogP contribution is -2.49. The van der Waals surface area contributed by atoms with Gasteiger partial charge in [-0.1, -0.05) is 41.9 Å². The first-order chi connectivity index (χ1) is 15.9. The van der Waals surface area contributed by atoms with Crippen LogP contribution < -0.4 is 5.32 Å². The highest BCUT2D eigenvalue weighted by molar-refractivity contribution is 6.30. The van der Waals surface area contributed by atoms with E-state index in [0.29, 0.717) is 23.6 Å². The van der Waals surface area contributed by atoms with Crippen LogP contribution in [0, 0.1) is 0 Å². The van der Waals surface area contributed by atoms with Gasteiger partial charge in [-0.2, -0.15) is 0 Å². The summed E-state index contributed by atoms with van der Waals surface area (Å²) in [7, 11) is 0. The number of benzene rings is 2. The van der Waals surface area contributed by atoms with E-state index in [9.17, 15) is 14.4 Å². The highest BCUT2D eigenvalue weighted by Crippen LogP contribution is 2.46. The molecule has 1 aliphatic carbocycles. The minimum absolute atomic E-state index is 0.0356. The number of halogens is 1. The van der Waals surface area contributed by atoms with E-state index in [4.69, 9.17) is 11.6 Å². The fourth-order valence-electron chi connectivity index (χ4n) is 4.95. The number of nitrogens with zero attached hydrogens (tertiary/aromatic N) is 2. The van der Waals surface area contributed by atoms with E-state index in [2.05, 4.69) is 5.32 Å². The Hall–Kier alpha value is -3.12. The number of Topliss-reactive ketones (excluding diaryl/α,β-unsaturated/α-hetero) is 1. The lowest BCUT2D eigenvalue weighted by Gasteiger charge is -2.27. The molecule has 5 rings (SSSR count). The summed E-state index contributed by atoms with van der Waals surface area (Å²) < 4.78 is 1.82. The number of ketones is 1. The summed E-state index contributed by atoms with van der Waals surface area (Å²) in [4.78, 5) is 40.3. The number of para-hydroxylation sites is 1. The van der Waals surface area contributed by atoms with Gasteiger partial charge in [0.1, 0.15) is 12.6 Å². The van der Waals surface area contributed by atoms with Crippen molar-refractivity contribution in [2.75, 3.05) is 6.54 Å². The third-order valence-electron chi connectivity index (χ3n) is 6.84. The Bertz CT molecular complexity index is 1260. The van der Waals surface area contributed by atoms with Crippen LogP contribution >= 0.6 is 11.6 Å². The molecule has 1 saturated heterocycles. The molecule has 33 heavy (non-hydrogen) atoms. The quantitative estimate of drug-likeness (QED) is 0.554. The van der Waals surface area contributed by atoms with E-state index >= 15 is 0 Å². The molecule has 170 valence electrons. The first kappa shape index (κ1) is 21.7. The number of carbonyl (C=O) groups excluding carboxylic acids is 3. The zero-order chi connectivity index (χ0) is 23.2. The number of fused-ring (bicyclic) bond motifs is 1. The van der Waals surface area contributed by atoms with E-state index in [0.717, 1.165) is 35.7 Å². The van der Waals surface area contributed by atoms with E-state index in [1.807, 2.05) is 53.1 Å². The lowest BCUT2D eigenvalue weighted by molar-refractivity contribution is -0.139. The van der Waals surface area contributed by atoms with Gasteiger partial charge in [0, 0.05) is 34.2 Å². The summed E-state index contributed by atoms with van der Waals surface area (Å²) in [5.74, 6) is -0.261. The Morgan fingerprint density at radius 3 is 2.64 bits per heavy atom. The fourth-order valence-corrected chi connectivity index (χ4v) is 5.14. The van der Waals surface area contributed by atoms with Gasteiger partial charge in [0.05, 0.1) is 5.54 Å². The Kier molecular flexibility index (Phi) is 5.49. The Morgan fingerprint density at radius 2 is 1.91 bits per heavy atom. The maximum Gasteiger partial charge on any atom is 0.243 e. The Labute approximate surface area is 197 Å². The second-order valence-electron chi connectivity index (χ2n) is 9.07. The molecular formula is C26H26ClN3O3. The third kappa shape index (κ3) is 4.04. The molecule has 1 atom stereocenters. The summed E-state index contributed by atoms with van der Waals surface area (Å²) in [5, 5.41) is 4.69. The molecule has 0 spiro atoms. The molecule has 2 amide bonds. The fraction of sp³-hybridized carbons (Fsp3) is 0.346. The summed E-state index contributed by atoms with van der Waals surface area (Å²) in [5.41, 5.74) is 2.07. The van der Waals surface area contributed by atoms with Gasteiger partial charge in [0.2, 0.25) is 11.8 Å². The van der Waals surface area contributed by atoms with Gasteiger partial charge >= 0.3 is 0 Å². The van der Waals surface area contributed by atoms with Crippen LogP contribution in [0.15, 0.2) is 54.7 Å². The minimum Gasteiger partial charge on any atom is -0.345 e. The molecule has 1 N–H and O–H groups in total. The number of rotatable bonds is 6. The highest BCUT2D eigenvalue weighted by atomic mass is 35.5. The van der Waals surface area contributed by atoms with Crippen molar-refractivity contribution in [3.63, 3.8) is 0 Å². The van der Waals surface area contributed by atoms with Crippen molar-refractivity contribution in [1.82, 2.24) is 14.8 Å². The first-order valence-electron chi connectivity index (χ1n) is 11.3. The molecule has 6 nitrogen and oxygen atoms in total. The number of likely N-dealkylation sites (tertiary alicyclic amines) is 1. The van der Waals surface area contributed by atoms with Crippen molar-refractivity contribution >= 4 is 40.1 Å². The second-order valence-corrected chi connectivity index (χ2v) is 9.51. The molecule has 0 bridgehead atoms. The predicted molar refractivity (Wildman–Crippen MR) is 127 cm³/mol. The zero-order valence-corrected chi connectivity index (χ0v) is 19.3. The number of nitrogens with one attached hydrogen (secondary N) is 1. The smallest absolute Gasteiger partial charge is 0.243 e. The van der Waals surface area contributed by atoms with Gasteiger partial charge in [-0.15, -0.1) is 0 Å². The molecule has 2 aliphatic rings. The first-order valence-corrected chi connectivity index (χ1v) is 11.7. The van der Waals surface area contributed by atoms with Gasteiger partial charge in [0.15, 0.2) is 5.78 Å². The van der Waals surface area contributed by atoms with Crippen LogP contribution in [0.3, 0.4) is 0 Å². The van der Waals surface area contributed by atoms with Crippen LogP contribution in [0.2, 0.25) is 5.02 Å². The van der Waals surface area contributed by atoms with Gasteiger partial charge in [-0.3, -0.25) is 14.4 Å². The van der Waals surface area contributed by atoms with Crippen LogP contribution in [-0.4, -0.2) is 39.7 Å². The Morgan fingerprint density at radius 1 is 1.12 bits per heavy atom. The topological polar surface area (TPSA) is 71.4 Å². The molecule has 1 aromatic heterocycles. The number of hydrogen-bond donors (Lipinski definition) is 1. The van der Waals surface area contributed by atoms with Crippen LogP contribution in [-0.2, 0) is 21.7 Å².